The molecule has 2 aromatic rings. The van der Waals surface area contributed by atoms with Crippen molar-refractivity contribution in [2.75, 3.05) is 7.05 Å². The third-order valence-electron chi connectivity index (χ3n) is 4.99. The number of nitrogens with two attached hydrogens (primary N) is 1. The summed E-state index contributed by atoms with van der Waals surface area (Å²) < 4.78 is 6.21. The summed E-state index contributed by atoms with van der Waals surface area (Å²) >= 11 is 6.10. The fraction of sp³-hybridized carbons (Fsp3) is 0.320. The molecule has 1 unspecified atom stereocenters. The molecule has 0 radical (unpaired) electrons. The molecule has 4 heteroatoms. The molecule has 0 heterocycles. The van der Waals surface area contributed by atoms with Gasteiger partial charge in [-0.15, -0.1) is 0 Å². The van der Waals surface area contributed by atoms with Crippen molar-refractivity contribution in [3.8, 4) is 0 Å². The zero-order chi connectivity index (χ0) is 21.6. The highest BCUT2D eigenvalue weighted by molar-refractivity contribution is 6.30. The van der Waals surface area contributed by atoms with Gasteiger partial charge in [0.15, 0.2) is 0 Å². The van der Waals surface area contributed by atoms with Gasteiger partial charge in [0.2, 0.25) is 5.90 Å². The van der Waals surface area contributed by atoms with Crippen molar-refractivity contribution in [2.24, 2.45) is 10.7 Å². The second kappa shape index (κ2) is 9.91. The van der Waals surface area contributed by atoms with E-state index in [-0.39, 0.29) is 5.92 Å². The minimum atomic E-state index is -0.730. The summed E-state index contributed by atoms with van der Waals surface area (Å²) in [6, 6.07) is 16.1. The zero-order valence-corrected chi connectivity index (χ0v) is 18.8. The molecule has 0 amide bonds. The summed E-state index contributed by atoms with van der Waals surface area (Å²) in [6.45, 7) is 12.3. The predicted octanol–water partition coefficient (Wildman–Crippen LogP) is 6.41. The van der Waals surface area contributed by atoms with Gasteiger partial charge in [-0.25, -0.2) is 0 Å². The molecule has 3 nitrogen and oxygen atoms in total. The van der Waals surface area contributed by atoms with Crippen LogP contribution < -0.4 is 5.73 Å². The Balaban J connectivity index is 2.38. The number of aryl methyl sites for hydroxylation is 1. The molecular formula is C25H31ClN2O. The molecule has 0 spiro atoms. The van der Waals surface area contributed by atoms with Crippen LogP contribution in [0, 0.1) is 6.92 Å². The fourth-order valence-electron chi connectivity index (χ4n) is 3.34. The van der Waals surface area contributed by atoms with Crippen LogP contribution in [-0.4, -0.2) is 18.5 Å². The van der Waals surface area contributed by atoms with Gasteiger partial charge in [-0.2, -0.15) is 0 Å². The average molecular weight is 411 g/mol. The van der Waals surface area contributed by atoms with Crippen LogP contribution in [0.5, 0.6) is 0 Å². The number of nitrogens with zero attached hydrogens (tertiary/aromatic N) is 1. The van der Waals surface area contributed by atoms with Crippen LogP contribution in [0.3, 0.4) is 0 Å². The number of rotatable bonds is 7. The van der Waals surface area contributed by atoms with Gasteiger partial charge in [0.25, 0.3) is 0 Å². The Labute approximate surface area is 180 Å². The zero-order valence-electron chi connectivity index (χ0n) is 18.0. The molecular weight excluding hydrogens is 380 g/mol. The molecule has 0 saturated heterocycles. The van der Waals surface area contributed by atoms with Crippen LogP contribution in [0.1, 0.15) is 49.8 Å². The Morgan fingerprint density at radius 3 is 2.17 bits per heavy atom. The molecule has 0 aliphatic heterocycles. The molecule has 0 bridgehead atoms. The Kier molecular flexibility index (Phi) is 7.83. The smallest absolute Gasteiger partial charge is 0.209 e. The van der Waals surface area contributed by atoms with Crippen molar-refractivity contribution in [1.82, 2.24) is 0 Å². The lowest BCUT2D eigenvalue weighted by Crippen LogP contribution is -2.46. The second-order valence-electron chi connectivity index (χ2n) is 7.72. The summed E-state index contributed by atoms with van der Waals surface area (Å²) in [5.74, 6) is 0.879. The van der Waals surface area contributed by atoms with E-state index >= 15 is 0 Å². The molecule has 154 valence electrons. The third kappa shape index (κ3) is 6.06. The predicted molar refractivity (Wildman–Crippen MR) is 125 cm³/mol. The van der Waals surface area contributed by atoms with Crippen molar-refractivity contribution in [1.29, 1.82) is 0 Å². The number of hydrogen-bond acceptors (Lipinski definition) is 3. The Hall–Kier alpha value is -2.36. The topological polar surface area (TPSA) is 47.6 Å². The summed E-state index contributed by atoms with van der Waals surface area (Å²) in [7, 11) is 1.70. The van der Waals surface area contributed by atoms with Crippen molar-refractivity contribution >= 4 is 17.5 Å². The number of ether oxygens (including phenoxy) is 1. The summed E-state index contributed by atoms with van der Waals surface area (Å²) in [4.78, 5) is 4.35. The number of hydrogen-bond donors (Lipinski definition) is 1. The number of halogens is 1. The van der Waals surface area contributed by atoms with Crippen molar-refractivity contribution in [3.05, 3.63) is 94.2 Å². The first-order valence-corrected chi connectivity index (χ1v) is 10.1. The Morgan fingerprint density at radius 2 is 1.69 bits per heavy atom. The standard InChI is InChI=1S/C25H31ClN2O/c1-7-17(2)16-25(5,27)24(28-6)29-19(4)23(20-10-8-18(3)9-11-20)21-12-14-22(26)15-13-21/h7-15,23H,4,16,27H2,1-3,5-6H3/b17-7+,28-24?/t23?,25-/m1/s1. The van der Waals surface area contributed by atoms with Crippen molar-refractivity contribution in [3.63, 3.8) is 0 Å². The summed E-state index contributed by atoms with van der Waals surface area (Å²) in [6.07, 6.45) is 2.70. The van der Waals surface area contributed by atoms with Gasteiger partial charge in [0.1, 0.15) is 5.76 Å². The van der Waals surface area contributed by atoms with Gasteiger partial charge in [-0.05, 0) is 57.4 Å². The maximum absolute atomic E-state index is 6.56. The molecule has 0 fully saturated rings. The van der Waals surface area contributed by atoms with Crippen LogP contribution in [0.15, 0.2) is 77.5 Å². The number of allylic oxidation sites excluding steroid dienone is 2. The van der Waals surface area contributed by atoms with Gasteiger partial charge in [0.05, 0.1) is 11.5 Å². The van der Waals surface area contributed by atoms with E-state index in [1.165, 1.54) is 11.1 Å². The van der Waals surface area contributed by atoms with E-state index in [4.69, 9.17) is 22.1 Å². The van der Waals surface area contributed by atoms with E-state index in [0.717, 1.165) is 11.1 Å². The molecule has 2 aromatic carbocycles. The highest BCUT2D eigenvalue weighted by atomic mass is 35.5. The van der Waals surface area contributed by atoms with Crippen LogP contribution in [0.4, 0.5) is 0 Å². The van der Waals surface area contributed by atoms with Crippen LogP contribution in [0.2, 0.25) is 5.02 Å². The summed E-state index contributed by atoms with van der Waals surface area (Å²) in [5.41, 5.74) is 10.3. The molecule has 0 saturated carbocycles. The van der Waals surface area contributed by atoms with E-state index < -0.39 is 5.54 Å². The highest BCUT2D eigenvalue weighted by Gasteiger charge is 2.30. The third-order valence-corrected chi connectivity index (χ3v) is 5.25. The molecule has 2 rings (SSSR count). The monoisotopic (exact) mass is 410 g/mol. The van der Waals surface area contributed by atoms with E-state index in [0.29, 0.717) is 23.1 Å². The fourth-order valence-corrected chi connectivity index (χ4v) is 3.46. The minimum absolute atomic E-state index is 0.164. The van der Waals surface area contributed by atoms with Crippen LogP contribution >= 0.6 is 11.6 Å². The first kappa shape index (κ1) is 22.9. The van der Waals surface area contributed by atoms with Crippen LogP contribution in [0.25, 0.3) is 0 Å². The maximum Gasteiger partial charge on any atom is 0.209 e. The van der Waals surface area contributed by atoms with Gasteiger partial charge in [-0.1, -0.05) is 71.8 Å². The van der Waals surface area contributed by atoms with Crippen molar-refractivity contribution < 1.29 is 4.74 Å². The SMILES string of the molecule is C=C(OC(=NC)[C@](C)(N)C/C(C)=C/C)C(c1ccc(C)cc1)c1ccc(Cl)cc1. The van der Waals surface area contributed by atoms with Gasteiger partial charge in [-0.3, -0.25) is 4.99 Å². The first-order valence-electron chi connectivity index (χ1n) is 9.74. The van der Waals surface area contributed by atoms with Gasteiger partial charge >= 0.3 is 0 Å². The van der Waals surface area contributed by atoms with Gasteiger partial charge < -0.3 is 10.5 Å². The molecule has 0 aliphatic rings. The number of benzene rings is 2. The lowest BCUT2D eigenvalue weighted by molar-refractivity contribution is 0.344. The molecule has 29 heavy (non-hydrogen) atoms. The second-order valence-corrected chi connectivity index (χ2v) is 8.16. The Morgan fingerprint density at radius 1 is 1.17 bits per heavy atom. The largest absolute Gasteiger partial charge is 0.445 e. The van der Waals surface area contributed by atoms with E-state index in [9.17, 15) is 0 Å². The van der Waals surface area contributed by atoms with Gasteiger partial charge in [0, 0.05) is 12.1 Å². The van der Waals surface area contributed by atoms with E-state index in [2.05, 4.69) is 55.8 Å². The number of aliphatic imine (C=N–C) groups is 1. The molecule has 2 atom stereocenters. The highest BCUT2D eigenvalue weighted by Crippen LogP contribution is 2.33. The maximum atomic E-state index is 6.56. The quantitative estimate of drug-likeness (QED) is 0.248. The molecule has 0 aliphatic carbocycles. The average Bonchev–Trinajstić information content (AvgIpc) is 2.68. The first-order chi connectivity index (χ1) is 13.7. The lowest BCUT2D eigenvalue weighted by Gasteiger charge is -2.29. The molecule has 0 aromatic heterocycles. The lowest BCUT2D eigenvalue weighted by atomic mass is 9.89. The summed E-state index contributed by atoms with van der Waals surface area (Å²) in [5, 5.41) is 0.690. The van der Waals surface area contributed by atoms with Crippen molar-refractivity contribution in [2.45, 2.75) is 45.6 Å². The minimum Gasteiger partial charge on any atom is -0.445 e. The Bertz CT molecular complexity index is 848. The molecule has 2 N–H and O–H groups in total. The van der Waals surface area contributed by atoms with E-state index in [1.54, 1.807) is 7.05 Å². The normalized spacial score (nSPS) is 15.6. The van der Waals surface area contributed by atoms with E-state index in [1.807, 2.05) is 38.1 Å². The van der Waals surface area contributed by atoms with Crippen LogP contribution in [-0.2, 0) is 4.74 Å².